The maximum atomic E-state index is 11.9. The SMILES string of the molecule is O=C(NCCc1ccc(N2CCCC2)cc1)C(=O)NCc1ccccc1. The fourth-order valence-corrected chi connectivity index (χ4v) is 3.11. The maximum absolute atomic E-state index is 11.9. The molecule has 1 aliphatic heterocycles. The van der Waals surface area contributed by atoms with Gasteiger partial charge in [-0.1, -0.05) is 42.5 Å². The monoisotopic (exact) mass is 351 g/mol. The molecule has 0 radical (unpaired) electrons. The summed E-state index contributed by atoms with van der Waals surface area (Å²) in [7, 11) is 0. The molecule has 1 fully saturated rings. The van der Waals surface area contributed by atoms with Gasteiger partial charge in [0.2, 0.25) is 0 Å². The molecule has 2 amide bonds. The summed E-state index contributed by atoms with van der Waals surface area (Å²) in [6, 6.07) is 18.0. The molecule has 0 aromatic heterocycles. The van der Waals surface area contributed by atoms with Crippen molar-refractivity contribution in [2.75, 3.05) is 24.5 Å². The second kappa shape index (κ2) is 9.04. The van der Waals surface area contributed by atoms with Crippen molar-refractivity contribution < 1.29 is 9.59 Å². The Bertz CT molecular complexity index is 723. The first kappa shape index (κ1) is 18.0. The van der Waals surface area contributed by atoms with E-state index in [-0.39, 0.29) is 0 Å². The average Bonchev–Trinajstić information content (AvgIpc) is 3.22. The highest BCUT2D eigenvalue weighted by molar-refractivity contribution is 6.35. The van der Waals surface area contributed by atoms with Crippen molar-refractivity contribution in [3.8, 4) is 0 Å². The first-order chi connectivity index (χ1) is 12.7. The van der Waals surface area contributed by atoms with Gasteiger partial charge in [-0.2, -0.15) is 0 Å². The molecule has 0 bridgehead atoms. The Morgan fingerprint density at radius 2 is 1.46 bits per heavy atom. The second-order valence-electron chi connectivity index (χ2n) is 6.53. The minimum Gasteiger partial charge on any atom is -0.372 e. The van der Waals surface area contributed by atoms with Crippen LogP contribution in [0.3, 0.4) is 0 Å². The lowest BCUT2D eigenvalue weighted by atomic mass is 10.1. The van der Waals surface area contributed by atoms with Crippen molar-refractivity contribution in [3.05, 3.63) is 65.7 Å². The summed E-state index contributed by atoms with van der Waals surface area (Å²) in [4.78, 5) is 26.1. The molecular weight excluding hydrogens is 326 g/mol. The molecule has 1 aliphatic rings. The molecule has 3 rings (SSSR count). The summed E-state index contributed by atoms with van der Waals surface area (Å²) in [6.45, 7) is 3.06. The van der Waals surface area contributed by atoms with E-state index in [1.807, 2.05) is 30.3 Å². The lowest BCUT2D eigenvalue weighted by Gasteiger charge is -2.17. The van der Waals surface area contributed by atoms with E-state index >= 15 is 0 Å². The molecule has 2 aromatic carbocycles. The molecule has 26 heavy (non-hydrogen) atoms. The topological polar surface area (TPSA) is 61.4 Å². The van der Waals surface area contributed by atoms with Gasteiger partial charge in [-0.05, 0) is 42.5 Å². The van der Waals surface area contributed by atoms with E-state index < -0.39 is 11.8 Å². The zero-order valence-corrected chi connectivity index (χ0v) is 14.9. The fraction of sp³-hybridized carbons (Fsp3) is 0.333. The van der Waals surface area contributed by atoms with Crippen LogP contribution in [0.5, 0.6) is 0 Å². The molecule has 136 valence electrons. The van der Waals surface area contributed by atoms with Gasteiger partial charge < -0.3 is 15.5 Å². The largest absolute Gasteiger partial charge is 0.372 e. The molecule has 0 unspecified atom stereocenters. The highest BCUT2D eigenvalue weighted by atomic mass is 16.2. The summed E-state index contributed by atoms with van der Waals surface area (Å²) < 4.78 is 0. The van der Waals surface area contributed by atoms with Crippen LogP contribution < -0.4 is 15.5 Å². The zero-order chi connectivity index (χ0) is 18.2. The van der Waals surface area contributed by atoms with Crippen molar-refractivity contribution in [3.63, 3.8) is 0 Å². The molecule has 0 spiro atoms. The number of amides is 2. The van der Waals surface area contributed by atoms with Crippen LogP contribution in [0.1, 0.15) is 24.0 Å². The highest BCUT2D eigenvalue weighted by Gasteiger charge is 2.13. The fourth-order valence-electron chi connectivity index (χ4n) is 3.11. The smallest absolute Gasteiger partial charge is 0.309 e. The van der Waals surface area contributed by atoms with E-state index in [0.29, 0.717) is 19.5 Å². The number of carbonyl (C=O) groups is 2. The van der Waals surface area contributed by atoms with Gasteiger partial charge in [-0.15, -0.1) is 0 Å². The van der Waals surface area contributed by atoms with Gasteiger partial charge in [0, 0.05) is 31.9 Å². The summed E-state index contributed by atoms with van der Waals surface area (Å²) >= 11 is 0. The molecule has 1 heterocycles. The summed E-state index contributed by atoms with van der Waals surface area (Å²) in [5.41, 5.74) is 3.38. The number of rotatable bonds is 6. The number of anilines is 1. The summed E-state index contributed by atoms with van der Waals surface area (Å²) in [5.74, 6) is -1.19. The third-order valence-electron chi connectivity index (χ3n) is 4.61. The molecule has 1 saturated heterocycles. The minimum atomic E-state index is -0.599. The molecule has 5 nitrogen and oxygen atoms in total. The second-order valence-corrected chi connectivity index (χ2v) is 6.53. The van der Waals surface area contributed by atoms with Crippen LogP contribution in [0, 0.1) is 0 Å². The summed E-state index contributed by atoms with van der Waals surface area (Å²) in [5, 5.41) is 5.31. The van der Waals surface area contributed by atoms with E-state index in [1.165, 1.54) is 18.5 Å². The van der Waals surface area contributed by atoms with Gasteiger partial charge in [-0.25, -0.2) is 0 Å². The lowest BCUT2D eigenvalue weighted by Crippen LogP contribution is -2.40. The quantitative estimate of drug-likeness (QED) is 0.785. The molecule has 2 aromatic rings. The Balaban J connectivity index is 1.38. The zero-order valence-electron chi connectivity index (χ0n) is 14.9. The highest BCUT2D eigenvalue weighted by Crippen LogP contribution is 2.20. The van der Waals surface area contributed by atoms with Crippen molar-refractivity contribution in [1.82, 2.24) is 10.6 Å². The van der Waals surface area contributed by atoms with E-state index in [9.17, 15) is 9.59 Å². The number of hydrogen-bond acceptors (Lipinski definition) is 3. The molecule has 0 saturated carbocycles. The van der Waals surface area contributed by atoms with E-state index in [4.69, 9.17) is 0 Å². The Hall–Kier alpha value is -2.82. The van der Waals surface area contributed by atoms with E-state index in [1.54, 1.807) is 0 Å². The molecular formula is C21H25N3O2. The van der Waals surface area contributed by atoms with Gasteiger partial charge in [-0.3, -0.25) is 9.59 Å². The van der Waals surface area contributed by atoms with Gasteiger partial charge >= 0.3 is 11.8 Å². The molecule has 5 heteroatoms. The van der Waals surface area contributed by atoms with Crippen LogP contribution >= 0.6 is 0 Å². The van der Waals surface area contributed by atoms with Gasteiger partial charge in [0.1, 0.15) is 0 Å². The predicted octanol–water partition coefficient (Wildman–Crippen LogP) is 2.26. The van der Waals surface area contributed by atoms with Gasteiger partial charge in [0.25, 0.3) is 0 Å². The standard InChI is InChI=1S/C21H25N3O2/c25-20(21(26)23-16-18-6-2-1-3-7-18)22-13-12-17-8-10-19(11-9-17)24-14-4-5-15-24/h1-3,6-11H,4-5,12-16H2,(H,22,25)(H,23,26). The molecule has 2 N–H and O–H groups in total. The number of nitrogens with zero attached hydrogens (tertiary/aromatic N) is 1. The van der Waals surface area contributed by atoms with Crippen molar-refractivity contribution >= 4 is 17.5 Å². The Labute approximate surface area is 154 Å². The predicted molar refractivity (Wildman–Crippen MR) is 103 cm³/mol. The minimum absolute atomic E-state index is 0.352. The third kappa shape index (κ3) is 5.09. The van der Waals surface area contributed by atoms with Crippen molar-refractivity contribution in [1.29, 1.82) is 0 Å². The normalized spacial score (nSPS) is 13.5. The van der Waals surface area contributed by atoms with Crippen LogP contribution in [-0.2, 0) is 22.6 Å². The Morgan fingerprint density at radius 1 is 0.808 bits per heavy atom. The third-order valence-corrected chi connectivity index (χ3v) is 4.61. The van der Waals surface area contributed by atoms with E-state index in [2.05, 4.69) is 39.8 Å². The average molecular weight is 351 g/mol. The first-order valence-electron chi connectivity index (χ1n) is 9.16. The van der Waals surface area contributed by atoms with Crippen LogP contribution in [-0.4, -0.2) is 31.4 Å². The van der Waals surface area contributed by atoms with Crippen LogP contribution in [0.15, 0.2) is 54.6 Å². The number of nitrogens with one attached hydrogen (secondary N) is 2. The Morgan fingerprint density at radius 3 is 2.15 bits per heavy atom. The van der Waals surface area contributed by atoms with Gasteiger partial charge in [0.15, 0.2) is 0 Å². The van der Waals surface area contributed by atoms with Crippen LogP contribution in [0.2, 0.25) is 0 Å². The summed E-state index contributed by atoms with van der Waals surface area (Å²) in [6.07, 6.45) is 3.23. The van der Waals surface area contributed by atoms with E-state index in [0.717, 1.165) is 24.2 Å². The van der Waals surface area contributed by atoms with Crippen molar-refractivity contribution in [2.45, 2.75) is 25.8 Å². The van der Waals surface area contributed by atoms with Crippen molar-refractivity contribution in [2.24, 2.45) is 0 Å². The number of carbonyl (C=O) groups excluding carboxylic acids is 2. The Kier molecular flexibility index (Phi) is 6.25. The molecule has 0 aliphatic carbocycles. The first-order valence-corrected chi connectivity index (χ1v) is 9.16. The lowest BCUT2D eigenvalue weighted by molar-refractivity contribution is -0.139. The number of benzene rings is 2. The number of hydrogen-bond donors (Lipinski definition) is 2. The van der Waals surface area contributed by atoms with Crippen LogP contribution in [0.4, 0.5) is 5.69 Å². The van der Waals surface area contributed by atoms with Crippen LogP contribution in [0.25, 0.3) is 0 Å². The van der Waals surface area contributed by atoms with Gasteiger partial charge in [0.05, 0.1) is 0 Å². The maximum Gasteiger partial charge on any atom is 0.309 e. The molecule has 0 atom stereocenters.